The Bertz CT molecular complexity index is 844. The van der Waals surface area contributed by atoms with Crippen LogP contribution in [0.2, 0.25) is 0 Å². The standard InChI is InChI=1S/C20H22N2O4/c1-13(2)20(23)26-12-25-17-7-9-19(15(4)11-17)22-21-18-8-6-16(24-5)10-14(18)3/h6-11H,1,12H2,2-5H3. The molecule has 0 aliphatic rings. The van der Waals surface area contributed by atoms with Crippen molar-refractivity contribution < 1.29 is 19.0 Å². The minimum Gasteiger partial charge on any atom is -0.497 e. The van der Waals surface area contributed by atoms with E-state index in [1.54, 1.807) is 26.2 Å². The molecule has 0 aromatic heterocycles. The van der Waals surface area contributed by atoms with Crippen molar-refractivity contribution >= 4 is 17.3 Å². The van der Waals surface area contributed by atoms with E-state index in [4.69, 9.17) is 14.2 Å². The number of aryl methyl sites for hydroxylation is 2. The van der Waals surface area contributed by atoms with Gasteiger partial charge in [0.15, 0.2) is 0 Å². The zero-order valence-corrected chi connectivity index (χ0v) is 15.4. The Morgan fingerprint density at radius 1 is 1.00 bits per heavy atom. The molecule has 0 aliphatic heterocycles. The van der Waals surface area contributed by atoms with Crippen molar-refractivity contribution in [3.05, 3.63) is 59.7 Å². The summed E-state index contributed by atoms with van der Waals surface area (Å²) in [5, 5.41) is 8.59. The number of esters is 1. The number of carbonyl (C=O) groups is 1. The molecule has 0 amide bonds. The average molecular weight is 354 g/mol. The molecular formula is C20H22N2O4. The summed E-state index contributed by atoms with van der Waals surface area (Å²) in [6, 6.07) is 11.0. The SMILES string of the molecule is C=C(C)C(=O)OCOc1ccc(N=Nc2ccc(OC)cc2C)c(C)c1. The fraction of sp³-hybridized carbons (Fsp3) is 0.250. The first-order valence-electron chi connectivity index (χ1n) is 8.03. The summed E-state index contributed by atoms with van der Waals surface area (Å²) >= 11 is 0. The lowest BCUT2D eigenvalue weighted by Gasteiger charge is -2.08. The quantitative estimate of drug-likeness (QED) is 0.297. The largest absolute Gasteiger partial charge is 0.497 e. The molecule has 26 heavy (non-hydrogen) atoms. The molecular weight excluding hydrogens is 332 g/mol. The Labute approximate surface area is 153 Å². The molecule has 0 unspecified atom stereocenters. The lowest BCUT2D eigenvalue weighted by Crippen LogP contribution is -2.10. The van der Waals surface area contributed by atoms with E-state index in [9.17, 15) is 4.79 Å². The number of nitrogens with zero attached hydrogens (tertiary/aromatic N) is 2. The molecule has 0 fully saturated rings. The highest BCUT2D eigenvalue weighted by molar-refractivity contribution is 5.86. The van der Waals surface area contributed by atoms with Crippen molar-refractivity contribution in [2.45, 2.75) is 20.8 Å². The first kappa shape index (κ1) is 19.2. The molecule has 0 spiro atoms. The predicted molar refractivity (Wildman–Crippen MR) is 99.5 cm³/mol. The summed E-state index contributed by atoms with van der Waals surface area (Å²) in [4.78, 5) is 11.3. The molecule has 2 aromatic rings. The zero-order chi connectivity index (χ0) is 19.1. The number of ether oxygens (including phenoxy) is 3. The van der Waals surface area contributed by atoms with Crippen LogP contribution in [0, 0.1) is 13.8 Å². The van der Waals surface area contributed by atoms with Gasteiger partial charge in [0.05, 0.1) is 18.5 Å². The lowest BCUT2D eigenvalue weighted by atomic mass is 10.2. The van der Waals surface area contributed by atoms with Gasteiger partial charge >= 0.3 is 5.97 Å². The minimum absolute atomic E-state index is 0.170. The second-order valence-corrected chi connectivity index (χ2v) is 5.78. The van der Waals surface area contributed by atoms with Gasteiger partial charge in [-0.05, 0) is 68.3 Å². The van der Waals surface area contributed by atoms with Crippen LogP contribution in [-0.2, 0) is 9.53 Å². The summed E-state index contributed by atoms with van der Waals surface area (Å²) in [6.07, 6.45) is 0. The van der Waals surface area contributed by atoms with E-state index in [0.29, 0.717) is 11.3 Å². The highest BCUT2D eigenvalue weighted by Crippen LogP contribution is 2.28. The van der Waals surface area contributed by atoms with Crippen LogP contribution < -0.4 is 9.47 Å². The molecule has 2 rings (SSSR count). The van der Waals surface area contributed by atoms with Crippen LogP contribution in [0.3, 0.4) is 0 Å². The smallest absolute Gasteiger partial charge is 0.335 e. The van der Waals surface area contributed by atoms with Crippen LogP contribution >= 0.6 is 0 Å². The van der Waals surface area contributed by atoms with Gasteiger partial charge in [0, 0.05) is 5.57 Å². The van der Waals surface area contributed by atoms with Crippen LogP contribution in [0.5, 0.6) is 11.5 Å². The molecule has 0 heterocycles. The number of methoxy groups -OCH3 is 1. The molecule has 2 aromatic carbocycles. The maximum absolute atomic E-state index is 11.3. The fourth-order valence-electron chi connectivity index (χ4n) is 2.08. The monoisotopic (exact) mass is 354 g/mol. The molecule has 0 N–H and O–H groups in total. The molecule has 0 radical (unpaired) electrons. The van der Waals surface area contributed by atoms with E-state index in [0.717, 1.165) is 28.3 Å². The van der Waals surface area contributed by atoms with E-state index in [1.165, 1.54) is 0 Å². The first-order valence-corrected chi connectivity index (χ1v) is 8.03. The molecule has 0 atom stereocenters. The summed E-state index contributed by atoms with van der Waals surface area (Å²) in [5.41, 5.74) is 3.70. The lowest BCUT2D eigenvalue weighted by molar-refractivity contribution is -0.145. The van der Waals surface area contributed by atoms with E-state index in [1.807, 2.05) is 38.1 Å². The van der Waals surface area contributed by atoms with E-state index < -0.39 is 5.97 Å². The molecule has 0 saturated heterocycles. The van der Waals surface area contributed by atoms with Crippen LogP contribution in [0.25, 0.3) is 0 Å². The maximum atomic E-state index is 11.3. The molecule has 0 saturated carbocycles. The molecule has 6 heteroatoms. The van der Waals surface area contributed by atoms with Gasteiger partial charge in [-0.25, -0.2) is 4.79 Å². The second-order valence-electron chi connectivity index (χ2n) is 5.78. The third-order valence-corrected chi connectivity index (χ3v) is 3.60. The van der Waals surface area contributed by atoms with Gasteiger partial charge in [-0.3, -0.25) is 0 Å². The number of hydrogen-bond donors (Lipinski definition) is 0. The maximum Gasteiger partial charge on any atom is 0.335 e. The van der Waals surface area contributed by atoms with Crippen LogP contribution in [0.15, 0.2) is 58.8 Å². The minimum atomic E-state index is -0.484. The van der Waals surface area contributed by atoms with Crippen LogP contribution in [0.4, 0.5) is 11.4 Å². The predicted octanol–water partition coefficient (Wildman–Crippen LogP) is 5.18. The number of carbonyl (C=O) groups excluding carboxylic acids is 1. The van der Waals surface area contributed by atoms with Crippen molar-refractivity contribution in [2.24, 2.45) is 10.2 Å². The Hall–Kier alpha value is -3.15. The van der Waals surface area contributed by atoms with Crippen LogP contribution in [0.1, 0.15) is 18.1 Å². The number of benzene rings is 2. The van der Waals surface area contributed by atoms with Gasteiger partial charge in [0.25, 0.3) is 0 Å². The van der Waals surface area contributed by atoms with Crippen molar-refractivity contribution in [1.82, 2.24) is 0 Å². The molecule has 0 aliphatic carbocycles. The van der Waals surface area contributed by atoms with Gasteiger partial charge in [-0.15, -0.1) is 0 Å². The summed E-state index contributed by atoms with van der Waals surface area (Å²) in [7, 11) is 1.63. The van der Waals surface area contributed by atoms with Gasteiger partial charge in [0.1, 0.15) is 11.5 Å². The third kappa shape index (κ3) is 5.17. The number of hydrogen-bond acceptors (Lipinski definition) is 6. The Balaban J connectivity index is 2.03. The highest BCUT2D eigenvalue weighted by Gasteiger charge is 2.05. The molecule has 136 valence electrons. The van der Waals surface area contributed by atoms with Gasteiger partial charge < -0.3 is 14.2 Å². The molecule has 0 bridgehead atoms. The molecule has 6 nitrogen and oxygen atoms in total. The van der Waals surface area contributed by atoms with Crippen LogP contribution in [-0.4, -0.2) is 19.9 Å². The Kier molecular flexibility index (Phi) is 6.49. The zero-order valence-electron chi connectivity index (χ0n) is 15.4. The number of rotatable bonds is 7. The second kappa shape index (κ2) is 8.80. The Morgan fingerprint density at radius 3 is 2.04 bits per heavy atom. The van der Waals surface area contributed by atoms with Crippen molar-refractivity contribution in [2.75, 3.05) is 13.9 Å². The van der Waals surface area contributed by atoms with E-state index in [2.05, 4.69) is 16.8 Å². The van der Waals surface area contributed by atoms with Gasteiger partial charge in [-0.1, -0.05) is 6.58 Å². The average Bonchev–Trinajstić information content (AvgIpc) is 2.61. The Morgan fingerprint density at radius 2 is 1.54 bits per heavy atom. The first-order chi connectivity index (χ1) is 12.4. The van der Waals surface area contributed by atoms with Gasteiger partial charge in [-0.2, -0.15) is 10.2 Å². The highest BCUT2D eigenvalue weighted by atomic mass is 16.7. The van der Waals surface area contributed by atoms with Crippen molar-refractivity contribution in [3.8, 4) is 11.5 Å². The summed E-state index contributed by atoms with van der Waals surface area (Å²) in [5.74, 6) is 0.880. The van der Waals surface area contributed by atoms with Crippen molar-refractivity contribution in [1.29, 1.82) is 0 Å². The fourth-order valence-corrected chi connectivity index (χ4v) is 2.08. The summed E-state index contributed by atoms with van der Waals surface area (Å²) < 4.78 is 15.5. The third-order valence-electron chi connectivity index (χ3n) is 3.60. The normalized spacial score (nSPS) is 10.6. The summed E-state index contributed by atoms with van der Waals surface area (Å²) in [6.45, 7) is 8.77. The topological polar surface area (TPSA) is 69.5 Å². The number of azo groups is 1. The van der Waals surface area contributed by atoms with E-state index in [-0.39, 0.29) is 6.79 Å². The van der Waals surface area contributed by atoms with Crippen molar-refractivity contribution in [3.63, 3.8) is 0 Å². The van der Waals surface area contributed by atoms with E-state index >= 15 is 0 Å². The van der Waals surface area contributed by atoms with Gasteiger partial charge in [0.2, 0.25) is 6.79 Å².